The molecule has 7 nitrogen and oxygen atoms in total. The average Bonchev–Trinajstić information content (AvgIpc) is 3.30. The molecule has 5 unspecified atom stereocenters. The summed E-state index contributed by atoms with van der Waals surface area (Å²) in [5.41, 5.74) is 3.47. The molecule has 1 aromatic rings. The lowest BCUT2D eigenvalue weighted by atomic mass is 9.74. The van der Waals surface area contributed by atoms with Gasteiger partial charge in [0.1, 0.15) is 6.23 Å². The van der Waals surface area contributed by atoms with Gasteiger partial charge in [-0.05, 0) is 62.3 Å². The Balaban J connectivity index is 1.34. The summed E-state index contributed by atoms with van der Waals surface area (Å²) in [6.07, 6.45) is 8.59. The van der Waals surface area contributed by atoms with Gasteiger partial charge in [-0.1, -0.05) is 6.92 Å². The minimum Gasteiger partial charge on any atom is -0.349 e. The zero-order chi connectivity index (χ0) is 19.0. The number of fused-ring (bicyclic) bond motifs is 1. The third-order valence-electron chi connectivity index (χ3n) is 6.67. The molecule has 1 aliphatic heterocycles. The third-order valence-corrected chi connectivity index (χ3v) is 6.67. The Morgan fingerprint density at radius 3 is 2.85 bits per heavy atom. The summed E-state index contributed by atoms with van der Waals surface area (Å²) < 4.78 is 1.47. The number of rotatable bonds is 4. The highest BCUT2D eigenvalue weighted by Gasteiger charge is 2.43. The van der Waals surface area contributed by atoms with E-state index in [0.29, 0.717) is 23.3 Å². The van der Waals surface area contributed by atoms with Crippen molar-refractivity contribution in [2.45, 2.75) is 63.9 Å². The van der Waals surface area contributed by atoms with Crippen LogP contribution >= 0.6 is 0 Å². The number of hydroxylamine groups is 1. The fourth-order valence-corrected chi connectivity index (χ4v) is 5.07. The van der Waals surface area contributed by atoms with Gasteiger partial charge in [-0.15, -0.1) is 0 Å². The van der Waals surface area contributed by atoms with Gasteiger partial charge < -0.3 is 9.88 Å². The van der Waals surface area contributed by atoms with E-state index in [1.165, 1.54) is 17.1 Å². The molecule has 7 heteroatoms. The monoisotopic (exact) mass is 374 g/mol. The van der Waals surface area contributed by atoms with Gasteiger partial charge >= 0.3 is 0 Å². The Labute approximate surface area is 159 Å². The molecule has 3 N–H and O–H groups in total. The predicted molar refractivity (Wildman–Crippen MR) is 102 cm³/mol. The molecule has 2 saturated carbocycles. The van der Waals surface area contributed by atoms with E-state index in [1.807, 2.05) is 0 Å². The Bertz CT molecular complexity index is 749. The van der Waals surface area contributed by atoms with Crippen LogP contribution in [-0.4, -0.2) is 28.9 Å². The first-order valence-corrected chi connectivity index (χ1v) is 10.2. The topological polar surface area (TPSA) is 84.4 Å². The SMILES string of the molecule is CCC1NC(C2CCC3C(CC[C@H]3NC(=O)c3ccn(C)c(=O)c3)C2)NO1. The second kappa shape index (κ2) is 7.73. The van der Waals surface area contributed by atoms with Crippen LogP contribution in [0.25, 0.3) is 0 Å². The van der Waals surface area contributed by atoms with Crippen molar-refractivity contribution in [3.63, 3.8) is 0 Å². The molecule has 0 spiro atoms. The molecule has 2 aliphatic carbocycles. The first-order chi connectivity index (χ1) is 13.0. The van der Waals surface area contributed by atoms with Gasteiger partial charge in [-0.25, -0.2) is 0 Å². The average molecular weight is 374 g/mol. The number of hydrogen-bond acceptors (Lipinski definition) is 5. The van der Waals surface area contributed by atoms with Gasteiger partial charge in [-0.3, -0.25) is 19.7 Å². The van der Waals surface area contributed by atoms with Crippen molar-refractivity contribution in [3.05, 3.63) is 34.2 Å². The molecule has 0 radical (unpaired) electrons. The standard InChI is InChI=1S/C20H30N4O3/c1-3-17-22-19(23-27-17)13-4-6-15-12(10-13)5-7-16(15)21-20(26)14-8-9-24(2)18(25)11-14/h8-9,11-13,15-17,19,22-23H,3-7,10H2,1-2H3,(H,21,26)/t12?,13?,15?,16-,17?,19?/m1/s1. The van der Waals surface area contributed by atoms with Crippen molar-refractivity contribution in [3.8, 4) is 0 Å². The summed E-state index contributed by atoms with van der Waals surface area (Å²) in [6.45, 7) is 2.12. The van der Waals surface area contributed by atoms with E-state index in [2.05, 4.69) is 23.0 Å². The van der Waals surface area contributed by atoms with Crippen LogP contribution in [0.4, 0.5) is 0 Å². The fourth-order valence-electron chi connectivity index (χ4n) is 5.07. The van der Waals surface area contributed by atoms with Crippen molar-refractivity contribution in [1.29, 1.82) is 0 Å². The summed E-state index contributed by atoms with van der Waals surface area (Å²) in [6, 6.07) is 3.35. The van der Waals surface area contributed by atoms with E-state index in [9.17, 15) is 9.59 Å². The number of nitrogens with zero attached hydrogens (tertiary/aromatic N) is 1. The van der Waals surface area contributed by atoms with Gasteiger partial charge in [0.2, 0.25) is 0 Å². The van der Waals surface area contributed by atoms with E-state index in [0.717, 1.165) is 32.1 Å². The van der Waals surface area contributed by atoms with Crippen LogP contribution in [0.5, 0.6) is 0 Å². The van der Waals surface area contributed by atoms with Crippen LogP contribution < -0.4 is 21.7 Å². The van der Waals surface area contributed by atoms with E-state index >= 15 is 0 Å². The fraction of sp³-hybridized carbons (Fsp3) is 0.700. The molecule has 3 fully saturated rings. The molecule has 4 rings (SSSR count). The molecule has 2 heterocycles. The van der Waals surface area contributed by atoms with Gasteiger partial charge in [0.05, 0.1) is 6.17 Å². The minimum atomic E-state index is -0.156. The first kappa shape index (κ1) is 18.7. The molecule has 27 heavy (non-hydrogen) atoms. The number of carbonyl (C=O) groups is 1. The van der Waals surface area contributed by atoms with Crippen molar-refractivity contribution in [1.82, 2.24) is 20.7 Å². The normalized spacial score (nSPS) is 35.8. The molecule has 0 aromatic carbocycles. The molecular formula is C20H30N4O3. The van der Waals surface area contributed by atoms with E-state index in [1.54, 1.807) is 19.3 Å². The highest BCUT2D eigenvalue weighted by atomic mass is 16.7. The summed E-state index contributed by atoms with van der Waals surface area (Å²) in [5.74, 6) is 1.65. The second-order valence-electron chi connectivity index (χ2n) is 8.30. The van der Waals surface area contributed by atoms with E-state index < -0.39 is 0 Å². The maximum absolute atomic E-state index is 12.6. The Morgan fingerprint density at radius 2 is 2.11 bits per heavy atom. The molecule has 148 valence electrons. The maximum atomic E-state index is 12.6. The number of pyridine rings is 1. The summed E-state index contributed by atoms with van der Waals surface area (Å²) >= 11 is 0. The summed E-state index contributed by atoms with van der Waals surface area (Å²) in [5, 5.41) is 6.73. The van der Waals surface area contributed by atoms with Gasteiger partial charge in [0.25, 0.3) is 11.5 Å². The van der Waals surface area contributed by atoms with Crippen molar-refractivity contribution >= 4 is 5.91 Å². The molecule has 3 aliphatic rings. The van der Waals surface area contributed by atoms with Crippen LogP contribution in [-0.2, 0) is 11.9 Å². The first-order valence-electron chi connectivity index (χ1n) is 10.2. The highest BCUT2D eigenvalue weighted by Crippen LogP contribution is 2.45. The quantitative estimate of drug-likeness (QED) is 0.744. The lowest BCUT2D eigenvalue weighted by Crippen LogP contribution is -2.45. The number of aromatic nitrogens is 1. The molecule has 1 aromatic heterocycles. The van der Waals surface area contributed by atoms with Crippen LogP contribution in [0.3, 0.4) is 0 Å². The predicted octanol–water partition coefficient (Wildman–Crippen LogP) is 1.50. The van der Waals surface area contributed by atoms with E-state index in [4.69, 9.17) is 4.84 Å². The molecular weight excluding hydrogens is 344 g/mol. The number of amides is 1. The highest BCUT2D eigenvalue weighted by molar-refractivity contribution is 5.94. The van der Waals surface area contributed by atoms with Crippen LogP contribution in [0.1, 0.15) is 55.8 Å². The lowest BCUT2D eigenvalue weighted by molar-refractivity contribution is 0.0125. The largest absolute Gasteiger partial charge is 0.349 e. The molecule has 0 bridgehead atoms. The number of aryl methyl sites for hydroxylation is 1. The maximum Gasteiger partial charge on any atom is 0.251 e. The zero-order valence-corrected chi connectivity index (χ0v) is 16.1. The lowest BCUT2D eigenvalue weighted by Gasteiger charge is -2.36. The third kappa shape index (κ3) is 3.81. The van der Waals surface area contributed by atoms with Crippen LogP contribution in [0, 0.1) is 17.8 Å². The minimum absolute atomic E-state index is 0.113. The second-order valence-corrected chi connectivity index (χ2v) is 8.30. The number of carbonyl (C=O) groups excluding carboxylic acids is 1. The molecule has 6 atom stereocenters. The number of nitrogens with one attached hydrogen (secondary N) is 3. The van der Waals surface area contributed by atoms with Crippen molar-refractivity contribution in [2.24, 2.45) is 24.8 Å². The van der Waals surface area contributed by atoms with Gasteiger partial charge in [0, 0.05) is 30.9 Å². The van der Waals surface area contributed by atoms with E-state index in [-0.39, 0.29) is 29.9 Å². The summed E-state index contributed by atoms with van der Waals surface area (Å²) in [7, 11) is 1.69. The van der Waals surface area contributed by atoms with Gasteiger partial charge in [-0.2, -0.15) is 5.48 Å². The molecule has 1 amide bonds. The van der Waals surface area contributed by atoms with Crippen molar-refractivity contribution in [2.75, 3.05) is 0 Å². The number of hydrogen-bond donors (Lipinski definition) is 3. The van der Waals surface area contributed by atoms with Crippen LogP contribution in [0.2, 0.25) is 0 Å². The summed E-state index contributed by atoms with van der Waals surface area (Å²) in [4.78, 5) is 29.9. The van der Waals surface area contributed by atoms with Gasteiger partial charge in [0.15, 0.2) is 0 Å². The Morgan fingerprint density at radius 1 is 1.30 bits per heavy atom. The zero-order valence-electron chi connectivity index (χ0n) is 16.1. The Kier molecular flexibility index (Phi) is 5.34. The smallest absolute Gasteiger partial charge is 0.251 e. The van der Waals surface area contributed by atoms with Crippen LogP contribution in [0.15, 0.2) is 23.1 Å². The Hall–Kier alpha value is -1.70. The van der Waals surface area contributed by atoms with Crippen molar-refractivity contribution < 1.29 is 9.63 Å². The molecule has 1 saturated heterocycles.